The summed E-state index contributed by atoms with van der Waals surface area (Å²) in [7, 11) is 1.36. The fourth-order valence-corrected chi connectivity index (χ4v) is 4.15. The number of methoxy groups -OCH3 is 1. The van der Waals surface area contributed by atoms with E-state index in [4.69, 9.17) is 9.47 Å². The van der Waals surface area contributed by atoms with Crippen molar-refractivity contribution in [3.05, 3.63) is 29.6 Å². The monoisotopic (exact) mass is 464 g/mol. The first-order valence-electron chi connectivity index (χ1n) is 10.5. The highest BCUT2D eigenvalue weighted by molar-refractivity contribution is 5.71. The second kappa shape index (κ2) is 10.4. The van der Waals surface area contributed by atoms with E-state index in [1.165, 1.54) is 38.0 Å². The molecule has 182 valence electrons. The minimum atomic E-state index is -4.90. The van der Waals surface area contributed by atoms with E-state index in [-0.39, 0.29) is 43.5 Å². The Kier molecular flexibility index (Phi) is 8.52. The Labute approximate surface area is 186 Å². The molecule has 0 aliphatic carbocycles. The van der Waals surface area contributed by atoms with Gasteiger partial charge >= 0.3 is 12.1 Å². The number of β-amino-alcohol motifs (C(OH)–C–C–N with tert-alkyl or cyclic N) is 1. The third-order valence-electron chi connectivity index (χ3n) is 5.76. The maximum Gasteiger partial charge on any atom is 0.418 e. The van der Waals surface area contributed by atoms with Crippen LogP contribution in [0.1, 0.15) is 32.8 Å². The Balaban J connectivity index is 2.14. The first-order valence-corrected chi connectivity index (χ1v) is 10.5. The van der Waals surface area contributed by atoms with Gasteiger partial charge < -0.3 is 14.6 Å². The molecule has 0 amide bonds. The van der Waals surface area contributed by atoms with E-state index in [2.05, 4.69) is 0 Å². The summed E-state index contributed by atoms with van der Waals surface area (Å²) in [6, 6.07) is 3.68. The number of aliphatic hydroxyl groups is 1. The molecule has 0 spiro atoms. The quantitative estimate of drug-likeness (QED) is 0.448. The van der Waals surface area contributed by atoms with Crippen molar-refractivity contribution in [2.75, 3.05) is 53.0 Å². The van der Waals surface area contributed by atoms with Crippen LogP contribution in [0.3, 0.4) is 0 Å². The molecule has 10 heteroatoms. The van der Waals surface area contributed by atoms with E-state index in [0.29, 0.717) is 13.1 Å². The minimum Gasteiger partial charge on any atom is -0.496 e. The van der Waals surface area contributed by atoms with Crippen LogP contribution >= 0.6 is 0 Å². The highest BCUT2D eigenvalue weighted by Gasteiger charge is 2.57. The molecule has 1 aromatic carbocycles. The summed E-state index contributed by atoms with van der Waals surface area (Å²) in [6.45, 7) is 5.78. The molecule has 6 nitrogen and oxygen atoms in total. The number of piperazine rings is 1. The van der Waals surface area contributed by atoms with Gasteiger partial charge in [0.2, 0.25) is 0 Å². The van der Waals surface area contributed by atoms with Crippen LogP contribution in [0.5, 0.6) is 5.75 Å². The fourth-order valence-electron chi connectivity index (χ4n) is 4.15. The van der Waals surface area contributed by atoms with Gasteiger partial charge in [0.15, 0.2) is 5.60 Å². The van der Waals surface area contributed by atoms with Gasteiger partial charge in [-0.2, -0.15) is 13.2 Å². The summed E-state index contributed by atoms with van der Waals surface area (Å²) in [6.07, 6.45) is -5.57. The second-order valence-electron chi connectivity index (χ2n) is 8.79. The van der Waals surface area contributed by atoms with Crippen molar-refractivity contribution >= 4 is 5.97 Å². The summed E-state index contributed by atoms with van der Waals surface area (Å²) in [5, 5.41) is 10.8. The van der Waals surface area contributed by atoms with Gasteiger partial charge in [0.1, 0.15) is 11.6 Å². The van der Waals surface area contributed by atoms with Gasteiger partial charge in [0.25, 0.3) is 0 Å². The van der Waals surface area contributed by atoms with Crippen molar-refractivity contribution in [1.29, 1.82) is 0 Å². The number of alkyl halides is 3. The SMILES string of the molecule is CCOC(=O)CN1CCN(CC(O)(CC(C)(C)c2cc(F)ccc2OC)C(F)(F)F)CC1. The second-order valence-corrected chi connectivity index (χ2v) is 8.79. The first-order chi connectivity index (χ1) is 14.8. The molecule has 0 aromatic heterocycles. The molecule has 0 saturated carbocycles. The van der Waals surface area contributed by atoms with Crippen molar-refractivity contribution in [3.63, 3.8) is 0 Å². The molecule has 32 heavy (non-hydrogen) atoms. The molecule has 1 aliphatic heterocycles. The Bertz CT molecular complexity index is 780. The number of nitrogens with zero attached hydrogens (tertiary/aromatic N) is 2. The van der Waals surface area contributed by atoms with Crippen molar-refractivity contribution in [1.82, 2.24) is 9.80 Å². The van der Waals surface area contributed by atoms with Gasteiger partial charge in [0.05, 0.1) is 20.3 Å². The third kappa shape index (κ3) is 6.55. The number of hydrogen-bond acceptors (Lipinski definition) is 6. The topological polar surface area (TPSA) is 62.2 Å². The number of ether oxygens (including phenoxy) is 2. The standard InChI is InChI=1S/C22H32F4N2O4/c1-5-32-19(29)13-27-8-10-28(11-9-27)15-21(30,22(24,25)26)14-20(2,3)17-12-16(23)6-7-18(17)31-4/h6-7,12,30H,5,8-11,13-15H2,1-4H3. The van der Waals surface area contributed by atoms with Crippen molar-refractivity contribution in [2.45, 2.75) is 44.4 Å². The lowest BCUT2D eigenvalue weighted by atomic mass is 9.74. The minimum absolute atomic E-state index is 0.0810. The van der Waals surface area contributed by atoms with E-state index in [1.807, 2.05) is 4.90 Å². The van der Waals surface area contributed by atoms with Crippen molar-refractivity contribution < 1.29 is 36.9 Å². The normalized spacial score (nSPS) is 18.3. The number of hydrogen-bond donors (Lipinski definition) is 1. The number of carbonyl (C=O) groups is 1. The van der Waals surface area contributed by atoms with Gasteiger partial charge in [-0.3, -0.25) is 14.6 Å². The third-order valence-corrected chi connectivity index (χ3v) is 5.76. The van der Waals surface area contributed by atoms with E-state index in [1.54, 1.807) is 6.92 Å². The molecule has 1 heterocycles. The van der Waals surface area contributed by atoms with Crippen LogP contribution in [0.15, 0.2) is 18.2 Å². The highest BCUT2D eigenvalue weighted by atomic mass is 19.4. The van der Waals surface area contributed by atoms with Gasteiger partial charge in [-0.15, -0.1) is 0 Å². The van der Waals surface area contributed by atoms with E-state index in [9.17, 15) is 27.5 Å². The van der Waals surface area contributed by atoms with Gasteiger partial charge in [0, 0.05) is 38.3 Å². The zero-order chi connectivity index (χ0) is 24.2. The number of carbonyl (C=O) groups excluding carboxylic acids is 1. The van der Waals surface area contributed by atoms with Crippen LogP contribution in [-0.2, 0) is 14.9 Å². The molecule has 1 saturated heterocycles. The lowest BCUT2D eigenvalue weighted by molar-refractivity contribution is -0.272. The van der Waals surface area contributed by atoms with Crippen LogP contribution in [0.2, 0.25) is 0 Å². The Hall–Kier alpha value is -1.91. The average Bonchev–Trinajstić information content (AvgIpc) is 2.68. The van der Waals surface area contributed by atoms with Gasteiger partial charge in [-0.25, -0.2) is 4.39 Å². The number of esters is 1. The Morgan fingerprint density at radius 2 is 1.72 bits per heavy atom. The smallest absolute Gasteiger partial charge is 0.418 e. The lowest BCUT2D eigenvalue weighted by Gasteiger charge is -2.43. The molecular weight excluding hydrogens is 432 g/mol. The van der Waals surface area contributed by atoms with Crippen LogP contribution in [-0.4, -0.2) is 85.6 Å². The fraction of sp³-hybridized carbons (Fsp3) is 0.682. The Morgan fingerprint density at radius 3 is 2.25 bits per heavy atom. The molecule has 1 atom stereocenters. The molecule has 1 fully saturated rings. The predicted octanol–water partition coefficient (Wildman–Crippen LogP) is 2.98. The lowest BCUT2D eigenvalue weighted by Crippen LogP contribution is -2.59. The van der Waals surface area contributed by atoms with Crippen LogP contribution in [0, 0.1) is 5.82 Å². The number of benzene rings is 1. The largest absolute Gasteiger partial charge is 0.496 e. The summed E-state index contributed by atoms with van der Waals surface area (Å²) < 4.78 is 66.1. The maximum atomic E-state index is 14.0. The summed E-state index contributed by atoms with van der Waals surface area (Å²) in [5.41, 5.74) is -4.00. The van der Waals surface area contributed by atoms with E-state index < -0.39 is 36.0 Å². The molecular formula is C22H32F4N2O4. The van der Waals surface area contributed by atoms with Crippen molar-refractivity contribution in [3.8, 4) is 5.75 Å². The summed E-state index contributed by atoms with van der Waals surface area (Å²) in [5.74, 6) is -0.714. The first kappa shape index (κ1) is 26.3. The number of rotatable bonds is 9. The van der Waals surface area contributed by atoms with Crippen LogP contribution < -0.4 is 4.74 Å². The average molecular weight is 465 g/mol. The molecule has 1 aromatic rings. The van der Waals surface area contributed by atoms with E-state index in [0.717, 1.165) is 6.07 Å². The number of halogens is 4. The van der Waals surface area contributed by atoms with Gasteiger partial charge in [-0.05, 0) is 37.0 Å². The summed E-state index contributed by atoms with van der Waals surface area (Å²) >= 11 is 0. The van der Waals surface area contributed by atoms with Crippen molar-refractivity contribution in [2.24, 2.45) is 0 Å². The van der Waals surface area contributed by atoms with Crippen LogP contribution in [0.25, 0.3) is 0 Å². The summed E-state index contributed by atoms with van der Waals surface area (Å²) in [4.78, 5) is 15.0. The maximum absolute atomic E-state index is 14.0. The Morgan fingerprint density at radius 1 is 1.12 bits per heavy atom. The zero-order valence-corrected chi connectivity index (χ0v) is 19.0. The zero-order valence-electron chi connectivity index (χ0n) is 19.0. The molecule has 1 aliphatic rings. The van der Waals surface area contributed by atoms with Gasteiger partial charge in [-0.1, -0.05) is 13.8 Å². The highest BCUT2D eigenvalue weighted by Crippen LogP contribution is 2.44. The molecule has 0 bridgehead atoms. The molecule has 1 N–H and O–H groups in total. The predicted molar refractivity (Wildman–Crippen MR) is 111 cm³/mol. The molecule has 1 unspecified atom stereocenters. The van der Waals surface area contributed by atoms with Crippen LogP contribution in [0.4, 0.5) is 17.6 Å². The molecule has 2 rings (SSSR count). The van der Waals surface area contributed by atoms with E-state index >= 15 is 0 Å². The molecule has 0 radical (unpaired) electrons.